The molecule has 8 nitrogen and oxygen atoms in total. The number of rotatable bonds is 8. The lowest BCUT2D eigenvalue weighted by molar-refractivity contribution is 0.107. The van der Waals surface area contributed by atoms with Crippen LogP contribution in [0.5, 0.6) is 5.75 Å². The van der Waals surface area contributed by atoms with E-state index in [2.05, 4.69) is 20.5 Å². The van der Waals surface area contributed by atoms with Crippen LogP contribution in [0.2, 0.25) is 5.02 Å². The number of benzene rings is 1. The largest absolute Gasteiger partial charge is 0.451 e. The molecule has 0 bridgehead atoms. The number of nitrogens with zero attached hydrogens (tertiary/aromatic N) is 2. The van der Waals surface area contributed by atoms with Gasteiger partial charge in [-0.15, -0.1) is 0 Å². The van der Waals surface area contributed by atoms with Gasteiger partial charge in [0.2, 0.25) is 0 Å². The number of hydrogen-bond acceptors (Lipinski definition) is 7. The van der Waals surface area contributed by atoms with Crippen LogP contribution in [-0.2, 0) is 14.4 Å². The zero-order valence-corrected chi connectivity index (χ0v) is 15.6. The number of ether oxygens (including phenoxy) is 1. The summed E-state index contributed by atoms with van der Waals surface area (Å²) >= 11 is 6.03. The zero-order chi connectivity index (χ0) is 18.8. The molecule has 1 aromatic rings. The van der Waals surface area contributed by atoms with Crippen LogP contribution in [0, 0.1) is 0 Å². The Balaban J connectivity index is 2.80. The second-order valence-electron chi connectivity index (χ2n) is 4.92. The molecule has 1 atom stereocenters. The van der Waals surface area contributed by atoms with E-state index in [1.54, 1.807) is 32.0 Å². The first-order valence-corrected chi connectivity index (χ1v) is 7.94. The van der Waals surface area contributed by atoms with E-state index in [4.69, 9.17) is 26.1 Å². The van der Waals surface area contributed by atoms with Crippen LogP contribution >= 0.6 is 11.6 Å². The molecule has 0 heterocycles. The Hall–Kier alpha value is -2.48. The summed E-state index contributed by atoms with van der Waals surface area (Å²) in [6, 6.07) is 4.99. The normalized spacial score (nSPS) is 13.0. The number of hydroxylamine groups is 1. The summed E-state index contributed by atoms with van der Waals surface area (Å²) in [5.74, 6) is 0.251. The van der Waals surface area contributed by atoms with Crippen LogP contribution in [0.1, 0.15) is 33.3 Å². The summed E-state index contributed by atoms with van der Waals surface area (Å²) in [5.41, 5.74) is 4.06. The summed E-state index contributed by atoms with van der Waals surface area (Å²) in [6.07, 6.45) is -1.08. The lowest BCUT2D eigenvalue weighted by Gasteiger charge is -2.11. The highest BCUT2D eigenvalue weighted by atomic mass is 35.5. The van der Waals surface area contributed by atoms with Crippen molar-refractivity contribution in [2.45, 2.75) is 33.8 Å². The fourth-order valence-corrected chi connectivity index (χ4v) is 1.63. The maximum Gasteiger partial charge on any atom is 0.440 e. The molecule has 0 radical (unpaired) electrons. The molecule has 0 aromatic heterocycles. The predicted octanol–water partition coefficient (Wildman–Crippen LogP) is 3.53. The van der Waals surface area contributed by atoms with Gasteiger partial charge in [-0.3, -0.25) is 0 Å². The zero-order valence-electron chi connectivity index (χ0n) is 14.8. The van der Waals surface area contributed by atoms with Crippen molar-refractivity contribution in [1.82, 2.24) is 5.48 Å². The van der Waals surface area contributed by atoms with Gasteiger partial charge in [0.05, 0.1) is 23.6 Å². The van der Waals surface area contributed by atoms with E-state index in [0.29, 0.717) is 28.6 Å². The van der Waals surface area contributed by atoms with Crippen molar-refractivity contribution < 1.29 is 24.0 Å². The molecule has 9 heteroatoms. The van der Waals surface area contributed by atoms with Gasteiger partial charge in [0.15, 0.2) is 11.9 Å². The Morgan fingerprint density at radius 2 is 2.04 bits per heavy atom. The monoisotopic (exact) mass is 371 g/mol. The van der Waals surface area contributed by atoms with Gasteiger partial charge in [0.1, 0.15) is 6.61 Å². The number of halogens is 1. The Kier molecular flexibility index (Phi) is 8.55. The Labute approximate surface area is 151 Å². The third-order valence-corrected chi connectivity index (χ3v) is 3.36. The van der Waals surface area contributed by atoms with E-state index >= 15 is 0 Å². The molecule has 0 spiro atoms. The van der Waals surface area contributed by atoms with Crippen molar-refractivity contribution >= 4 is 29.1 Å². The maximum atomic E-state index is 11.1. The standard InChI is InChI=1S/C16H22ClN3O5/c1-6-23-18-10(2)12(4)24-19-11(3)13-7-8-14(17)15(9-13)25-20-16(21)22-5/h7-9,12H,6H2,1-5H3,(H,20,21)/b18-10+,19-11+. The second-order valence-corrected chi connectivity index (χ2v) is 5.32. The van der Waals surface area contributed by atoms with Crippen molar-refractivity contribution in [3.63, 3.8) is 0 Å². The first-order chi connectivity index (χ1) is 11.9. The van der Waals surface area contributed by atoms with Crippen LogP contribution < -0.4 is 10.3 Å². The molecular formula is C16H22ClN3O5. The summed E-state index contributed by atoms with van der Waals surface area (Å²) < 4.78 is 4.42. The van der Waals surface area contributed by atoms with E-state index in [1.165, 1.54) is 7.11 Å². The molecule has 0 saturated heterocycles. The number of amides is 1. The molecular weight excluding hydrogens is 350 g/mol. The van der Waals surface area contributed by atoms with Crippen molar-refractivity contribution in [1.29, 1.82) is 0 Å². The molecule has 1 unspecified atom stereocenters. The molecule has 0 saturated carbocycles. The molecule has 1 rings (SSSR count). The van der Waals surface area contributed by atoms with Gasteiger partial charge >= 0.3 is 6.09 Å². The van der Waals surface area contributed by atoms with Gasteiger partial charge in [-0.25, -0.2) is 4.79 Å². The number of nitrogens with one attached hydrogen (secondary N) is 1. The first-order valence-electron chi connectivity index (χ1n) is 7.56. The molecule has 0 aliphatic carbocycles. The minimum absolute atomic E-state index is 0.251. The molecule has 0 aliphatic heterocycles. The molecule has 25 heavy (non-hydrogen) atoms. The van der Waals surface area contributed by atoms with Crippen molar-refractivity contribution in [3.8, 4) is 5.75 Å². The average molecular weight is 372 g/mol. The fraction of sp³-hybridized carbons (Fsp3) is 0.438. The Morgan fingerprint density at radius 3 is 2.68 bits per heavy atom. The highest BCUT2D eigenvalue weighted by Gasteiger charge is 2.10. The third kappa shape index (κ3) is 6.88. The van der Waals surface area contributed by atoms with E-state index in [0.717, 1.165) is 0 Å². The number of oxime groups is 2. The lowest BCUT2D eigenvalue weighted by Crippen LogP contribution is -2.26. The summed E-state index contributed by atoms with van der Waals surface area (Å²) in [7, 11) is 1.23. The highest BCUT2D eigenvalue weighted by Crippen LogP contribution is 2.25. The maximum absolute atomic E-state index is 11.1. The van der Waals surface area contributed by atoms with Gasteiger partial charge in [0.25, 0.3) is 0 Å². The minimum Gasteiger partial charge on any atom is -0.451 e. The van der Waals surface area contributed by atoms with Gasteiger partial charge in [0, 0.05) is 5.56 Å². The van der Waals surface area contributed by atoms with Gasteiger partial charge in [-0.2, -0.15) is 5.48 Å². The van der Waals surface area contributed by atoms with Crippen LogP contribution in [0.25, 0.3) is 0 Å². The van der Waals surface area contributed by atoms with Gasteiger partial charge in [-0.1, -0.05) is 28.0 Å². The average Bonchev–Trinajstić information content (AvgIpc) is 2.62. The molecule has 1 amide bonds. The SMILES string of the molecule is CCO/N=C(\C)C(C)O/N=C(\C)c1ccc(Cl)c(ONC(=O)OC)c1. The van der Waals surface area contributed by atoms with Crippen molar-refractivity contribution in [2.24, 2.45) is 10.3 Å². The van der Waals surface area contributed by atoms with E-state index in [1.807, 2.05) is 13.8 Å². The van der Waals surface area contributed by atoms with Crippen LogP contribution in [0.3, 0.4) is 0 Å². The topological polar surface area (TPSA) is 90.7 Å². The second kappa shape index (κ2) is 10.4. The predicted molar refractivity (Wildman–Crippen MR) is 95.1 cm³/mol. The van der Waals surface area contributed by atoms with E-state index < -0.39 is 6.09 Å². The highest BCUT2D eigenvalue weighted by molar-refractivity contribution is 6.32. The molecule has 138 valence electrons. The van der Waals surface area contributed by atoms with Crippen molar-refractivity contribution in [2.75, 3.05) is 13.7 Å². The summed E-state index contributed by atoms with van der Waals surface area (Å²) in [4.78, 5) is 26.6. The van der Waals surface area contributed by atoms with E-state index in [9.17, 15) is 4.79 Å². The minimum atomic E-state index is -0.743. The molecule has 0 fully saturated rings. The molecule has 1 N–H and O–H groups in total. The quantitative estimate of drug-likeness (QED) is 0.557. The summed E-state index contributed by atoms with van der Waals surface area (Å²) in [5, 5.41) is 8.30. The van der Waals surface area contributed by atoms with E-state index in [-0.39, 0.29) is 11.9 Å². The van der Waals surface area contributed by atoms with Gasteiger partial charge in [-0.05, 0) is 39.8 Å². The van der Waals surface area contributed by atoms with Gasteiger partial charge < -0.3 is 19.2 Å². The van der Waals surface area contributed by atoms with Crippen LogP contribution in [-0.4, -0.2) is 37.3 Å². The fourth-order valence-electron chi connectivity index (χ4n) is 1.47. The lowest BCUT2D eigenvalue weighted by atomic mass is 10.1. The third-order valence-electron chi connectivity index (χ3n) is 3.05. The summed E-state index contributed by atoms with van der Waals surface area (Å²) in [6.45, 7) is 7.70. The number of carbonyl (C=O) groups is 1. The smallest absolute Gasteiger partial charge is 0.440 e. The Morgan fingerprint density at radius 1 is 1.32 bits per heavy atom. The molecule has 0 aliphatic rings. The first kappa shape index (κ1) is 20.6. The van der Waals surface area contributed by atoms with Crippen molar-refractivity contribution in [3.05, 3.63) is 28.8 Å². The van der Waals surface area contributed by atoms with Crippen LogP contribution in [0.15, 0.2) is 28.5 Å². The number of hydrogen-bond donors (Lipinski definition) is 1. The number of carbonyl (C=O) groups excluding carboxylic acids is 1. The number of methoxy groups -OCH3 is 1. The Bertz CT molecular complexity index is 649. The molecule has 1 aromatic carbocycles. The van der Waals surface area contributed by atoms with Crippen LogP contribution in [0.4, 0.5) is 4.79 Å².